The van der Waals surface area contributed by atoms with Crippen LogP contribution in [0, 0.1) is 29.2 Å². The van der Waals surface area contributed by atoms with Crippen molar-refractivity contribution in [2.45, 2.75) is 6.18 Å². The molecule has 2 heterocycles. The number of hydrogen-bond acceptors (Lipinski definition) is 2. The zero-order chi connectivity index (χ0) is 33.2. The summed E-state index contributed by atoms with van der Waals surface area (Å²) in [6.07, 6.45) is -4.65. The Bertz CT molecular complexity index is 2760. The van der Waals surface area contributed by atoms with Gasteiger partial charge in [0.05, 0.1) is 68.8 Å². The number of para-hydroxylation sites is 2. The molecule has 0 unspecified atom stereocenters. The van der Waals surface area contributed by atoms with Crippen LogP contribution >= 0.6 is 0 Å². The second-order valence-corrected chi connectivity index (χ2v) is 11.4. The van der Waals surface area contributed by atoms with Crippen molar-refractivity contribution in [1.29, 1.82) is 10.5 Å². The van der Waals surface area contributed by atoms with E-state index in [9.17, 15) is 23.7 Å². The van der Waals surface area contributed by atoms with Crippen LogP contribution in [0.5, 0.6) is 0 Å². The molecule has 0 fully saturated rings. The van der Waals surface area contributed by atoms with Gasteiger partial charge in [0.2, 0.25) is 0 Å². The Labute approximate surface area is 272 Å². The van der Waals surface area contributed by atoms with E-state index < -0.39 is 11.7 Å². The number of halogens is 3. The van der Waals surface area contributed by atoms with E-state index >= 15 is 0 Å². The second kappa shape index (κ2) is 10.6. The van der Waals surface area contributed by atoms with Gasteiger partial charge in [-0.25, -0.2) is 4.85 Å². The van der Waals surface area contributed by atoms with E-state index in [1.807, 2.05) is 81.9 Å². The summed E-state index contributed by atoms with van der Waals surface area (Å²) in [5.41, 5.74) is 4.42. The van der Waals surface area contributed by atoms with E-state index in [1.54, 1.807) is 24.3 Å². The van der Waals surface area contributed by atoms with E-state index in [0.717, 1.165) is 49.7 Å². The molecule has 48 heavy (non-hydrogen) atoms. The average molecular weight is 628 g/mol. The van der Waals surface area contributed by atoms with Gasteiger partial charge in [-0.2, -0.15) is 23.7 Å². The molecule has 8 aromatic rings. The molecule has 2 aromatic heterocycles. The predicted molar refractivity (Wildman–Crippen MR) is 181 cm³/mol. The highest BCUT2D eigenvalue weighted by molar-refractivity contribution is 6.12. The molecular weight excluding hydrogens is 607 g/mol. The van der Waals surface area contributed by atoms with Gasteiger partial charge in [0.25, 0.3) is 0 Å². The van der Waals surface area contributed by atoms with Crippen LogP contribution in [0.25, 0.3) is 71.0 Å². The number of nitrogens with zero attached hydrogens (tertiary/aromatic N) is 5. The van der Waals surface area contributed by atoms with Gasteiger partial charge in [-0.3, -0.25) is 0 Å². The van der Waals surface area contributed by atoms with Crippen LogP contribution in [-0.2, 0) is 6.18 Å². The number of hydrogen-bond donors (Lipinski definition) is 0. The van der Waals surface area contributed by atoms with Crippen molar-refractivity contribution < 1.29 is 13.2 Å². The van der Waals surface area contributed by atoms with E-state index in [0.29, 0.717) is 22.5 Å². The Balaban J connectivity index is 1.59. The highest BCUT2D eigenvalue weighted by Crippen LogP contribution is 2.46. The molecule has 0 aliphatic carbocycles. The zero-order valence-corrected chi connectivity index (χ0v) is 24.9. The Morgan fingerprint density at radius 2 is 1.02 bits per heavy atom. The number of alkyl halides is 3. The Morgan fingerprint density at radius 3 is 1.54 bits per heavy atom. The molecule has 0 saturated heterocycles. The summed E-state index contributed by atoms with van der Waals surface area (Å²) in [5, 5.41) is 22.8. The Morgan fingerprint density at radius 1 is 0.542 bits per heavy atom. The van der Waals surface area contributed by atoms with Crippen LogP contribution in [0.3, 0.4) is 0 Å². The summed E-state index contributed by atoms with van der Waals surface area (Å²) in [7, 11) is 0. The molecule has 0 atom stereocenters. The third kappa shape index (κ3) is 4.23. The molecule has 5 nitrogen and oxygen atoms in total. The number of benzene rings is 6. The van der Waals surface area contributed by atoms with Gasteiger partial charge in [-0.15, -0.1) is 0 Å². The Kier molecular flexibility index (Phi) is 6.34. The summed E-state index contributed by atoms with van der Waals surface area (Å²) in [6, 6.07) is 39.2. The minimum Gasteiger partial charge on any atom is -0.308 e. The predicted octanol–water partition coefficient (Wildman–Crippen LogP) is 10.9. The van der Waals surface area contributed by atoms with Gasteiger partial charge < -0.3 is 9.13 Å². The molecule has 6 aromatic carbocycles. The maximum atomic E-state index is 14.4. The smallest absolute Gasteiger partial charge is 0.308 e. The molecule has 0 aliphatic rings. The quantitative estimate of drug-likeness (QED) is 0.183. The van der Waals surface area contributed by atoms with E-state index in [4.69, 9.17) is 6.57 Å². The number of rotatable bonds is 3. The number of fused-ring (bicyclic) bond motifs is 6. The van der Waals surface area contributed by atoms with Crippen LogP contribution in [0.4, 0.5) is 18.9 Å². The van der Waals surface area contributed by atoms with Gasteiger partial charge in [-0.05, 0) is 77.9 Å². The first-order valence-electron chi connectivity index (χ1n) is 14.9. The lowest BCUT2D eigenvalue weighted by Crippen LogP contribution is -2.08. The molecule has 0 bridgehead atoms. The van der Waals surface area contributed by atoms with Crippen molar-refractivity contribution in [1.82, 2.24) is 9.13 Å². The first-order valence-corrected chi connectivity index (χ1v) is 14.9. The monoisotopic (exact) mass is 627 g/mol. The Hall–Kier alpha value is -6.82. The van der Waals surface area contributed by atoms with Gasteiger partial charge in [-0.1, -0.05) is 54.6 Å². The van der Waals surface area contributed by atoms with Crippen LogP contribution < -0.4 is 0 Å². The SMILES string of the molecule is [C-]#[N+]c1cc(-n2c3ccccc3c3cc(C#N)ccc32)c(-n2c3ccccc3c3cc(C#N)ccc32)cc1-c1ccccc1C(F)(F)F. The largest absolute Gasteiger partial charge is 0.416 e. The average Bonchev–Trinajstić information content (AvgIpc) is 3.62. The molecule has 226 valence electrons. The molecule has 0 spiro atoms. The standard InChI is InChI=1S/C40H20F3N5/c1-46-33-21-39(48-35-13-7-4-10-28(35)31-19-25(23-45)15-17-37(31)48)38(20-29(33)26-8-2-5-11-32(26)40(41,42)43)47-34-12-6-3-9-27(34)30-18-24(22-44)14-16-36(30)47/h2-21H. The van der Waals surface area contributed by atoms with Gasteiger partial charge in [0.1, 0.15) is 0 Å². The normalized spacial score (nSPS) is 11.6. The van der Waals surface area contributed by atoms with E-state index in [1.165, 1.54) is 18.2 Å². The molecule has 8 rings (SSSR count). The molecule has 0 saturated carbocycles. The fourth-order valence-corrected chi connectivity index (χ4v) is 6.80. The van der Waals surface area contributed by atoms with Gasteiger partial charge >= 0.3 is 6.18 Å². The van der Waals surface area contributed by atoms with Gasteiger partial charge in [0.15, 0.2) is 5.69 Å². The molecule has 0 amide bonds. The highest BCUT2D eigenvalue weighted by atomic mass is 19.4. The third-order valence-electron chi connectivity index (χ3n) is 8.82. The summed E-state index contributed by atoms with van der Waals surface area (Å²) in [6.45, 7) is 8.17. The number of aromatic nitrogens is 2. The fraction of sp³-hybridized carbons (Fsp3) is 0.0250. The minimum atomic E-state index is -4.65. The lowest BCUT2D eigenvalue weighted by Gasteiger charge is -2.21. The fourth-order valence-electron chi connectivity index (χ4n) is 6.80. The van der Waals surface area contributed by atoms with Crippen molar-refractivity contribution in [3.05, 3.63) is 149 Å². The number of nitriles is 2. The second-order valence-electron chi connectivity index (χ2n) is 11.4. The maximum Gasteiger partial charge on any atom is 0.416 e. The highest BCUT2D eigenvalue weighted by Gasteiger charge is 2.34. The summed E-state index contributed by atoms with van der Waals surface area (Å²) in [5.74, 6) is 0. The van der Waals surface area contributed by atoms with E-state index in [2.05, 4.69) is 17.0 Å². The lowest BCUT2D eigenvalue weighted by molar-refractivity contribution is -0.137. The zero-order valence-electron chi connectivity index (χ0n) is 24.9. The summed E-state index contributed by atoms with van der Waals surface area (Å²) < 4.78 is 47.2. The van der Waals surface area contributed by atoms with Crippen molar-refractivity contribution in [2.24, 2.45) is 0 Å². The molecule has 0 radical (unpaired) electrons. The van der Waals surface area contributed by atoms with Crippen molar-refractivity contribution >= 4 is 49.3 Å². The lowest BCUT2D eigenvalue weighted by atomic mass is 9.96. The van der Waals surface area contributed by atoms with Crippen LogP contribution in [-0.4, -0.2) is 9.13 Å². The minimum absolute atomic E-state index is 0.0533. The third-order valence-corrected chi connectivity index (χ3v) is 8.82. The van der Waals surface area contributed by atoms with Crippen LogP contribution in [0.15, 0.2) is 121 Å². The maximum absolute atomic E-state index is 14.4. The summed E-state index contributed by atoms with van der Waals surface area (Å²) >= 11 is 0. The van der Waals surface area contributed by atoms with E-state index in [-0.39, 0.29) is 16.8 Å². The van der Waals surface area contributed by atoms with Crippen molar-refractivity contribution in [3.8, 4) is 34.6 Å². The first-order chi connectivity index (χ1) is 23.3. The molecule has 0 N–H and O–H groups in total. The van der Waals surface area contributed by atoms with Crippen molar-refractivity contribution in [3.63, 3.8) is 0 Å². The van der Waals surface area contributed by atoms with Gasteiger partial charge in [0, 0.05) is 21.5 Å². The molecule has 8 heteroatoms. The van der Waals surface area contributed by atoms with Crippen LogP contribution in [0.1, 0.15) is 16.7 Å². The van der Waals surface area contributed by atoms with Crippen molar-refractivity contribution in [2.75, 3.05) is 0 Å². The summed E-state index contributed by atoms with van der Waals surface area (Å²) in [4.78, 5) is 3.78. The first kappa shape index (κ1) is 28.6. The topological polar surface area (TPSA) is 61.8 Å². The molecular formula is C40H20F3N5. The molecule has 0 aliphatic heterocycles. The van der Waals surface area contributed by atoms with Crippen LogP contribution in [0.2, 0.25) is 0 Å².